The van der Waals surface area contributed by atoms with Crippen molar-refractivity contribution >= 4 is 34.4 Å². The fourth-order valence-corrected chi connectivity index (χ4v) is 5.55. The van der Waals surface area contributed by atoms with Gasteiger partial charge >= 0.3 is 0 Å². The molecular formula is C31H31N7O2. The number of carbonyl (C=O) groups is 1. The largest absolute Gasteiger partial charge is 0.381 e. The maximum absolute atomic E-state index is 14.2. The summed E-state index contributed by atoms with van der Waals surface area (Å²) < 4.78 is 3.05. The zero-order valence-corrected chi connectivity index (χ0v) is 22.3. The molecule has 1 aliphatic rings. The van der Waals surface area contributed by atoms with Crippen LogP contribution in [0.4, 0.5) is 5.82 Å². The van der Waals surface area contributed by atoms with E-state index in [1.165, 1.54) is 36.6 Å². The number of fused-ring (bicyclic) bond motifs is 2. The number of benzene rings is 2. The molecule has 1 aliphatic carbocycles. The standard InChI is InChI=1S/C31H31N7O2/c1-20(34-30(39)26-27(32)36-37-19-9-18-33-29(26)37)28-35-24-15-8-12-22(17-16-21-10-4-2-5-11-21)25(24)31(40)38(28)23-13-6-3-7-14-23/h3,6-9,12-21H,2,4-5,10-11H2,1H3,(H2,32,36)(H,34,39). The highest BCUT2D eigenvalue weighted by molar-refractivity contribution is 6.04. The molecule has 2 aromatic carbocycles. The molecule has 1 unspecified atom stereocenters. The smallest absolute Gasteiger partial charge is 0.266 e. The van der Waals surface area contributed by atoms with Crippen molar-refractivity contribution < 1.29 is 4.79 Å². The van der Waals surface area contributed by atoms with Crippen molar-refractivity contribution in [2.24, 2.45) is 5.92 Å². The van der Waals surface area contributed by atoms with Gasteiger partial charge in [0, 0.05) is 12.4 Å². The minimum Gasteiger partial charge on any atom is -0.381 e. The second-order valence-corrected chi connectivity index (χ2v) is 10.3. The van der Waals surface area contributed by atoms with Crippen molar-refractivity contribution in [3.63, 3.8) is 0 Å². The molecule has 3 N–H and O–H groups in total. The molecule has 3 aromatic heterocycles. The Labute approximate surface area is 231 Å². The van der Waals surface area contributed by atoms with Crippen molar-refractivity contribution in [1.29, 1.82) is 0 Å². The first kappa shape index (κ1) is 25.5. The lowest BCUT2D eigenvalue weighted by atomic mass is 9.88. The number of carbonyl (C=O) groups excluding carboxylic acids is 1. The maximum atomic E-state index is 14.2. The summed E-state index contributed by atoms with van der Waals surface area (Å²) in [5.74, 6) is 0.569. The van der Waals surface area contributed by atoms with E-state index in [-0.39, 0.29) is 16.9 Å². The lowest BCUT2D eigenvalue weighted by Crippen LogP contribution is -2.33. The third-order valence-corrected chi connectivity index (χ3v) is 7.55. The van der Waals surface area contributed by atoms with Crippen LogP contribution in [-0.2, 0) is 0 Å². The molecular weight excluding hydrogens is 502 g/mol. The quantitative estimate of drug-likeness (QED) is 0.314. The van der Waals surface area contributed by atoms with Crippen LogP contribution < -0.4 is 16.6 Å². The topological polar surface area (TPSA) is 120 Å². The third kappa shape index (κ3) is 4.75. The van der Waals surface area contributed by atoms with Gasteiger partial charge in [0.25, 0.3) is 11.5 Å². The minimum atomic E-state index is -0.635. The number of amides is 1. The van der Waals surface area contributed by atoms with Crippen LogP contribution >= 0.6 is 0 Å². The lowest BCUT2D eigenvalue weighted by Gasteiger charge is -2.20. The van der Waals surface area contributed by atoms with Crippen LogP contribution in [0, 0.1) is 5.92 Å². The molecule has 5 aromatic rings. The number of anilines is 1. The fraction of sp³-hybridized carbons (Fsp3) is 0.258. The summed E-state index contributed by atoms with van der Waals surface area (Å²) in [4.78, 5) is 36.8. The Morgan fingerprint density at radius 2 is 1.88 bits per heavy atom. The van der Waals surface area contributed by atoms with Crippen molar-refractivity contribution in [2.75, 3.05) is 5.73 Å². The predicted octanol–water partition coefficient (Wildman–Crippen LogP) is 5.10. The highest BCUT2D eigenvalue weighted by Gasteiger charge is 2.25. The molecule has 1 atom stereocenters. The first-order valence-corrected chi connectivity index (χ1v) is 13.7. The van der Waals surface area contributed by atoms with Crippen LogP contribution in [0.1, 0.15) is 66.8 Å². The number of para-hydroxylation sites is 1. The minimum absolute atomic E-state index is 0.0738. The molecule has 1 fully saturated rings. The van der Waals surface area contributed by atoms with Crippen LogP contribution in [0.5, 0.6) is 0 Å². The number of nitrogens with zero attached hydrogens (tertiary/aromatic N) is 5. The van der Waals surface area contributed by atoms with Crippen LogP contribution in [0.25, 0.3) is 28.3 Å². The average Bonchev–Trinajstić information content (AvgIpc) is 3.32. The van der Waals surface area contributed by atoms with E-state index < -0.39 is 11.9 Å². The van der Waals surface area contributed by atoms with Gasteiger partial charge < -0.3 is 11.1 Å². The Morgan fingerprint density at radius 3 is 2.67 bits per heavy atom. The molecule has 1 saturated carbocycles. The highest BCUT2D eigenvalue weighted by Crippen LogP contribution is 2.27. The molecule has 0 bridgehead atoms. The Hall–Kier alpha value is -4.79. The average molecular weight is 534 g/mol. The van der Waals surface area contributed by atoms with Gasteiger partial charge in [0.05, 0.1) is 22.6 Å². The van der Waals surface area contributed by atoms with Gasteiger partial charge in [-0.15, -0.1) is 5.10 Å². The van der Waals surface area contributed by atoms with E-state index in [2.05, 4.69) is 27.6 Å². The van der Waals surface area contributed by atoms with E-state index in [9.17, 15) is 9.59 Å². The molecule has 40 heavy (non-hydrogen) atoms. The second-order valence-electron chi connectivity index (χ2n) is 10.3. The summed E-state index contributed by atoms with van der Waals surface area (Å²) in [6.45, 7) is 1.80. The number of hydrogen-bond acceptors (Lipinski definition) is 6. The van der Waals surface area contributed by atoms with Crippen molar-refractivity contribution in [2.45, 2.75) is 45.1 Å². The van der Waals surface area contributed by atoms with Gasteiger partial charge in [0.15, 0.2) is 11.5 Å². The SMILES string of the molecule is CC(NC(=O)c1c(N)nn2cccnc12)c1nc2cccc(C=CC3CCCCC3)c2c(=O)n1-c1ccccc1. The molecule has 202 valence electrons. The van der Waals surface area contributed by atoms with E-state index in [1.54, 1.807) is 30.0 Å². The zero-order chi connectivity index (χ0) is 27.6. The third-order valence-electron chi connectivity index (χ3n) is 7.55. The van der Waals surface area contributed by atoms with Gasteiger partial charge in [0.2, 0.25) is 0 Å². The van der Waals surface area contributed by atoms with E-state index in [0.29, 0.717) is 34.0 Å². The molecule has 3 heterocycles. The summed E-state index contributed by atoms with van der Waals surface area (Å²) >= 11 is 0. The van der Waals surface area contributed by atoms with E-state index in [0.717, 1.165) is 5.56 Å². The number of rotatable bonds is 6. The Morgan fingerprint density at radius 1 is 1.07 bits per heavy atom. The van der Waals surface area contributed by atoms with E-state index in [4.69, 9.17) is 10.7 Å². The van der Waals surface area contributed by atoms with Gasteiger partial charge in [-0.25, -0.2) is 14.5 Å². The normalized spacial score (nSPS) is 15.1. The number of nitrogens with one attached hydrogen (secondary N) is 1. The summed E-state index contributed by atoms with van der Waals surface area (Å²) in [6.07, 6.45) is 13.7. The van der Waals surface area contributed by atoms with Crippen LogP contribution in [0.3, 0.4) is 0 Å². The van der Waals surface area contributed by atoms with E-state index in [1.807, 2.05) is 48.5 Å². The van der Waals surface area contributed by atoms with Crippen molar-refractivity contribution in [3.05, 3.63) is 100 Å². The number of hydrogen-bond donors (Lipinski definition) is 2. The van der Waals surface area contributed by atoms with Gasteiger partial charge in [-0.3, -0.25) is 14.2 Å². The predicted molar refractivity (Wildman–Crippen MR) is 156 cm³/mol. The van der Waals surface area contributed by atoms with Crippen LogP contribution in [0.2, 0.25) is 0 Å². The first-order chi connectivity index (χ1) is 19.5. The second kappa shape index (κ2) is 10.8. The molecule has 6 rings (SSSR count). The summed E-state index contributed by atoms with van der Waals surface area (Å²) in [5.41, 5.74) is 8.51. The Bertz CT molecular complexity index is 1780. The molecule has 0 radical (unpaired) electrons. The monoisotopic (exact) mass is 533 g/mol. The molecule has 1 amide bonds. The molecule has 0 saturated heterocycles. The number of nitrogens with two attached hydrogens (primary N) is 1. The maximum Gasteiger partial charge on any atom is 0.266 e. The Kier molecular flexibility index (Phi) is 6.86. The number of allylic oxidation sites excluding steroid dienone is 1. The number of nitrogen functional groups attached to an aromatic ring is 1. The van der Waals surface area contributed by atoms with Crippen LogP contribution in [-0.4, -0.2) is 30.1 Å². The molecule has 0 aliphatic heterocycles. The Balaban J connectivity index is 1.44. The van der Waals surface area contributed by atoms with Crippen LogP contribution in [0.15, 0.2) is 77.9 Å². The molecule has 9 nitrogen and oxygen atoms in total. The summed E-state index contributed by atoms with van der Waals surface area (Å²) in [5, 5.41) is 7.71. The molecule has 9 heteroatoms. The summed E-state index contributed by atoms with van der Waals surface area (Å²) in [6, 6.07) is 16.2. The highest BCUT2D eigenvalue weighted by atomic mass is 16.2. The summed E-state index contributed by atoms with van der Waals surface area (Å²) in [7, 11) is 0. The van der Waals surface area contributed by atoms with Gasteiger partial charge in [-0.1, -0.05) is 61.7 Å². The first-order valence-electron chi connectivity index (χ1n) is 13.7. The molecule has 0 spiro atoms. The zero-order valence-electron chi connectivity index (χ0n) is 22.3. The van der Waals surface area contributed by atoms with Crippen molar-refractivity contribution in [1.82, 2.24) is 29.5 Å². The van der Waals surface area contributed by atoms with Gasteiger partial charge in [0.1, 0.15) is 11.4 Å². The van der Waals surface area contributed by atoms with Gasteiger partial charge in [-0.05, 0) is 55.5 Å². The number of aromatic nitrogens is 5. The van der Waals surface area contributed by atoms with Crippen molar-refractivity contribution in [3.8, 4) is 5.69 Å². The van der Waals surface area contributed by atoms with E-state index >= 15 is 0 Å². The fourth-order valence-electron chi connectivity index (χ4n) is 5.55. The van der Waals surface area contributed by atoms with Gasteiger partial charge in [-0.2, -0.15) is 0 Å². The lowest BCUT2D eigenvalue weighted by molar-refractivity contribution is 0.0940.